The minimum absolute atomic E-state index is 0.336. The van der Waals surface area contributed by atoms with Gasteiger partial charge in [-0.1, -0.05) is 13.3 Å². The fourth-order valence-electron chi connectivity index (χ4n) is 2.51. The summed E-state index contributed by atoms with van der Waals surface area (Å²) in [6.45, 7) is 3.83. The molecule has 2 fully saturated rings. The van der Waals surface area contributed by atoms with Crippen molar-refractivity contribution in [1.29, 1.82) is 0 Å². The Kier molecular flexibility index (Phi) is 1.67. The number of rotatable bonds is 2. The van der Waals surface area contributed by atoms with E-state index in [1.165, 1.54) is 6.42 Å². The van der Waals surface area contributed by atoms with E-state index < -0.39 is 0 Å². The molecule has 1 saturated carbocycles. The van der Waals surface area contributed by atoms with Gasteiger partial charge in [0, 0.05) is 13.1 Å². The Bertz CT molecular complexity index is 215. The van der Waals surface area contributed by atoms with Gasteiger partial charge in [0.2, 0.25) is 6.29 Å². The summed E-state index contributed by atoms with van der Waals surface area (Å²) in [5.41, 5.74) is 0. The third-order valence-corrected chi connectivity index (χ3v) is 3.26. The first-order valence-corrected chi connectivity index (χ1v) is 4.52. The van der Waals surface area contributed by atoms with Gasteiger partial charge in [0.05, 0.1) is 0 Å². The van der Waals surface area contributed by atoms with E-state index in [0.29, 0.717) is 18.1 Å². The standard InChI is InChI=1S/C9H13NO2/c1-2-6-7-3-10(4-8(6)7)9(12)5-11/h5-8H,2-4H2,1H3/t6?,7-,8+. The molecule has 0 aromatic heterocycles. The van der Waals surface area contributed by atoms with Crippen LogP contribution in [0.15, 0.2) is 0 Å². The van der Waals surface area contributed by atoms with Gasteiger partial charge in [-0.3, -0.25) is 9.59 Å². The summed E-state index contributed by atoms with van der Waals surface area (Å²) in [4.78, 5) is 22.8. The van der Waals surface area contributed by atoms with Crippen LogP contribution in [0, 0.1) is 17.8 Å². The Balaban J connectivity index is 1.89. The molecule has 0 N–H and O–H groups in total. The summed E-state index contributed by atoms with van der Waals surface area (Å²) in [7, 11) is 0. The molecule has 3 heteroatoms. The number of fused-ring (bicyclic) bond motifs is 1. The highest BCUT2D eigenvalue weighted by atomic mass is 16.2. The SMILES string of the molecule is CCC1[C@H]2CN(C(=O)C=O)C[C@@H]12. The molecule has 0 radical (unpaired) electrons. The quantitative estimate of drug-likeness (QED) is 0.438. The van der Waals surface area contributed by atoms with Gasteiger partial charge in [0.1, 0.15) is 0 Å². The van der Waals surface area contributed by atoms with Gasteiger partial charge in [-0.05, 0) is 17.8 Å². The van der Waals surface area contributed by atoms with E-state index in [1.54, 1.807) is 4.90 Å². The topological polar surface area (TPSA) is 37.4 Å². The Morgan fingerprint density at radius 2 is 2.08 bits per heavy atom. The highest BCUT2D eigenvalue weighted by Crippen LogP contribution is 2.53. The lowest BCUT2D eigenvalue weighted by molar-refractivity contribution is -0.138. The van der Waals surface area contributed by atoms with Crippen LogP contribution in [0.1, 0.15) is 13.3 Å². The first-order valence-electron chi connectivity index (χ1n) is 4.52. The van der Waals surface area contributed by atoms with Crippen molar-refractivity contribution in [3.63, 3.8) is 0 Å². The Hall–Kier alpha value is -0.860. The van der Waals surface area contributed by atoms with Gasteiger partial charge in [-0.2, -0.15) is 0 Å². The maximum atomic E-state index is 10.9. The largest absolute Gasteiger partial charge is 0.336 e. The molecule has 1 saturated heterocycles. The van der Waals surface area contributed by atoms with Crippen LogP contribution < -0.4 is 0 Å². The number of carbonyl (C=O) groups excluding carboxylic acids is 2. The van der Waals surface area contributed by atoms with Crippen molar-refractivity contribution < 1.29 is 9.59 Å². The second kappa shape index (κ2) is 2.57. The number of hydrogen-bond acceptors (Lipinski definition) is 2. The number of aldehydes is 1. The lowest BCUT2D eigenvalue weighted by Gasteiger charge is -2.15. The van der Waals surface area contributed by atoms with Crippen LogP contribution in [0.25, 0.3) is 0 Å². The molecule has 1 heterocycles. The van der Waals surface area contributed by atoms with Crippen molar-refractivity contribution in [3.05, 3.63) is 0 Å². The molecule has 0 spiro atoms. The Labute approximate surface area is 71.7 Å². The monoisotopic (exact) mass is 167 g/mol. The molecule has 1 amide bonds. The maximum Gasteiger partial charge on any atom is 0.286 e. The predicted molar refractivity (Wildman–Crippen MR) is 43.4 cm³/mol. The second-order valence-corrected chi connectivity index (χ2v) is 3.76. The molecular weight excluding hydrogens is 154 g/mol. The smallest absolute Gasteiger partial charge is 0.286 e. The summed E-state index contributed by atoms with van der Waals surface area (Å²) < 4.78 is 0. The molecule has 1 aliphatic heterocycles. The highest BCUT2D eigenvalue weighted by molar-refractivity contribution is 6.23. The van der Waals surface area contributed by atoms with Crippen LogP contribution in [0.3, 0.4) is 0 Å². The molecule has 3 nitrogen and oxygen atoms in total. The number of piperidine rings is 1. The van der Waals surface area contributed by atoms with Crippen LogP contribution in [-0.2, 0) is 9.59 Å². The highest BCUT2D eigenvalue weighted by Gasteiger charge is 2.55. The minimum atomic E-state index is -0.336. The fourth-order valence-corrected chi connectivity index (χ4v) is 2.51. The average molecular weight is 167 g/mol. The van der Waals surface area contributed by atoms with Crippen molar-refractivity contribution in [2.75, 3.05) is 13.1 Å². The van der Waals surface area contributed by atoms with Crippen molar-refractivity contribution >= 4 is 12.2 Å². The normalized spacial score (nSPS) is 37.8. The third kappa shape index (κ3) is 0.958. The number of likely N-dealkylation sites (tertiary alicyclic amines) is 1. The first kappa shape index (κ1) is 7.77. The van der Waals surface area contributed by atoms with Crippen LogP contribution in [0.5, 0.6) is 0 Å². The molecule has 1 aliphatic carbocycles. The van der Waals surface area contributed by atoms with Gasteiger partial charge in [0.15, 0.2) is 0 Å². The number of amides is 1. The summed E-state index contributed by atoms with van der Waals surface area (Å²) in [5.74, 6) is 1.91. The third-order valence-electron chi connectivity index (χ3n) is 3.26. The average Bonchev–Trinajstić information content (AvgIpc) is 2.56. The second-order valence-electron chi connectivity index (χ2n) is 3.76. The van der Waals surface area contributed by atoms with Gasteiger partial charge in [-0.25, -0.2) is 0 Å². The fraction of sp³-hybridized carbons (Fsp3) is 0.778. The number of nitrogens with zero attached hydrogens (tertiary/aromatic N) is 1. The van der Waals surface area contributed by atoms with Crippen molar-refractivity contribution in [1.82, 2.24) is 4.90 Å². The van der Waals surface area contributed by atoms with Crippen LogP contribution in [0.4, 0.5) is 0 Å². The van der Waals surface area contributed by atoms with Gasteiger partial charge >= 0.3 is 0 Å². The molecule has 66 valence electrons. The zero-order valence-corrected chi connectivity index (χ0v) is 7.19. The van der Waals surface area contributed by atoms with E-state index in [9.17, 15) is 9.59 Å². The van der Waals surface area contributed by atoms with Crippen molar-refractivity contribution in [2.45, 2.75) is 13.3 Å². The van der Waals surface area contributed by atoms with Crippen molar-refractivity contribution in [2.24, 2.45) is 17.8 Å². The molecule has 2 aliphatic rings. The van der Waals surface area contributed by atoms with Gasteiger partial charge < -0.3 is 4.90 Å². The minimum Gasteiger partial charge on any atom is -0.336 e. The molecule has 0 aromatic rings. The first-order chi connectivity index (χ1) is 5.77. The lowest BCUT2D eigenvalue weighted by Crippen LogP contribution is -2.32. The number of carbonyl (C=O) groups is 2. The van der Waals surface area contributed by atoms with Crippen LogP contribution in [0.2, 0.25) is 0 Å². The lowest BCUT2D eigenvalue weighted by atomic mass is 10.2. The molecule has 1 unspecified atom stereocenters. The van der Waals surface area contributed by atoms with E-state index in [4.69, 9.17) is 0 Å². The van der Waals surface area contributed by atoms with E-state index in [1.807, 2.05) is 0 Å². The summed E-state index contributed by atoms with van der Waals surface area (Å²) in [6, 6.07) is 0. The van der Waals surface area contributed by atoms with E-state index in [0.717, 1.165) is 19.0 Å². The summed E-state index contributed by atoms with van der Waals surface area (Å²) in [6.07, 6.45) is 1.64. The zero-order chi connectivity index (χ0) is 8.72. The molecule has 0 aromatic carbocycles. The summed E-state index contributed by atoms with van der Waals surface area (Å²) >= 11 is 0. The number of hydrogen-bond donors (Lipinski definition) is 0. The predicted octanol–water partition coefficient (Wildman–Crippen LogP) is 0.300. The molecule has 3 atom stereocenters. The Morgan fingerprint density at radius 3 is 2.50 bits per heavy atom. The molecular formula is C9H13NO2. The maximum absolute atomic E-state index is 10.9. The molecule has 2 rings (SSSR count). The van der Waals surface area contributed by atoms with E-state index in [-0.39, 0.29) is 5.91 Å². The van der Waals surface area contributed by atoms with Gasteiger partial charge in [-0.15, -0.1) is 0 Å². The Morgan fingerprint density at radius 1 is 1.50 bits per heavy atom. The van der Waals surface area contributed by atoms with Crippen LogP contribution in [-0.4, -0.2) is 30.2 Å². The van der Waals surface area contributed by atoms with Gasteiger partial charge in [0.25, 0.3) is 5.91 Å². The van der Waals surface area contributed by atoms with Crippen LogP contribution >= 0.6 is 0 Å². The molecule has 12 heavy (non-hydrogen) atoms. The summed E-state index contributed by atoms with van der Waals surface area (Å²) in [5, 5.41) is 0. The van der Waals surface area contributed by atoms with E-state index in [2.05, 4.69) is 6.92 Å². The molecule has 0 bridgehead atoms. The zero-order valence-electron chi connectivity index (χ0n) is 7.19. The van der Waals surface area contributed by atoms with Crippen molar-refractivity contribution in [3.8, 4) is 0 Å². The van der Waals surface area contributed by atoms with E-state index >= 15 is 0 Å².